The molecule has 28 heavy (non-hydrogen) atoms. The van der Waals surface area contributed by atoms with Gasteiger partial charge in [-0.1, -0.05) is 22.0 Å². The topological polar surface area (TPSA) is 114 Å². The molecule has 0 aromatic heterocycles. The van der Waals surface area contributed by atoms with Gasteiger partial charge in [-0.05, 0) is 57.9 Å². The highest BCUT2D eigenvalue weighted by Crippen LogP contribution is 2.26. The third-order valence-electron chi connectivity index (χ3n) is 3.37. The first-order chi connectivity index (χ1) is 12.8. The highest BCUT2D eigenvalue weighted by molar-refractivity contribution is 9.10. The number of halogens is 3. The molecular weight excluding hydrogens is 538 g/mol. The number of rotatable bonds is 9. The second-order valence-electron chi connectivity index (χ2n) is 5.46. The van der Waals surface area contributed by atoms with Crippen LogP contribution in [0.1, 0.15) is 12.0 Å². The van der Waals surface area contributed by atoms with Gasteiger partial charge in [0.2, 0.25) is 0 Å². The fraction of sp³-hybridized carbons (Fsp3) is 0.235. The number of ether oxygens (including phenoxy) is 1. The van der Waals surface area contributed by atoms with Crippen LogP contribution in [0.3, 0.4) is 0 Å². The second-order valence-corrected chi connectivity index (χ2v) is 8.85. The molecule has 0 aliphatic rings. The summed E-state index contributed by atoms with van der Waals surface area (Å²) in [6.45, 7) is 0.770. The number of benzene rings is 2. The van der Waals surface area contributed by atoms with E-state index in [-0.39, 0.29) is 29.9 Å². The van der Waals surface area contributed by atoms with Gasteiger partial charge in [0, 0.05) is 17.4 Å². The van der Waals surface area contributed by atoms with Crippen molar-refractivity contribution < 1.29 is 17.3 Å². The summed E-state index contributed by atoms with van der Waals surface area (Å²) in [6, 6.07) is 11.8. The summed E-state index contributed by atoms with van der Waals surface area (Å²) in [5.74, 6) is 0.543. The molecule has 0 fully saturated rings. The smallest absolute Gasteiger partial charge is 0.296 e. The second kappa shape index (κ2) is 11.6. The van der Waals surface area contributed by atoms with Crippen molar-refractivity contribution in [3.05, 3.63) is 57.0 Å². The van der Waals surface area contributed by atoms with Gasteiger partial charge in [0.1, 0.15) is 5.75 Å². The van der Waals surface area contributed by atoms with E-state index in [1.165, 1.54) is 12.1 Å². The minimum atomic E-state index is -3.77. The zero-order chi connectivity index (χ0) is 19.9. The Morgan fingerprint density at radius 3 is 2.39 bits per heavy atom. The molecule has 0 saturated heterocycles. The van der Waals surface area contributed by atoms with Gasteiger partial charge < -0.3 is 15.8 Å². The van der Waals surface area contributed by atoms with Crippen LogP contribution in [-0.2, 0) is 20.8 Å². The van der Waals surface area contributed by atoms with Gasteiger partial charge in [0.25, 0.3) is 10.1 Å². The summed E-state index contributed by atoms with van der Waals surface area (Å²) in [5.41, 5.74) is 6.19. The molecule has 2 aromatic carbocycles. The predicted octanol–water partition coefficient (Wildman–Crippen LogP) is 3.79. The molecule has 0 unspecified atom stereocenters. The first-order valence-corrected chi connectivity index (χ1v) is 10.9. The van der Waals surface area contributed by atoms with Crippen molar-refractivity contribution in [2.75, 3.05) is 13.2 Å². The predicted molar refractivity (Wildman–Crippen MR) is 118 cm³/mol. The molecule has 0 bridgehead atoms. The molecule has 0 radical (unpaired) electrons. The van der Waals surface area contributed by atoms with Crippen molar-refractivity contribution >= 4 is 60.3 Å². The molecule has 2 rings (SSSR count). The summed E-state index contributed by atoms with van der Waals surface area (Å²) >= 11 is 6.68. The molecular formula is C17H20Br2ClN3O4S. The fourth-order valence-corrected chi connectivity index (χ4v) is 3.80. The maximum absolute atomic E-state index is 12.1. The maximum atomic E-state index is 12.1. The van der Waals surface area contributed by atoms with Gasteiger partial charge >= 0.3 is 0 Å². The van der Waals surface area contributed by atoms with Crippen molar-refractivity contribution in [3.8, 4) is 5.75 Å². The minimum absolute atomic E-state index is 0. The molecule has 0 aliphatic heterocycles. The highest BCUT2D eigenvalue weighted by Gasteiger charge is 2.14. The van der Waals surface area contributed by atoms with E-state index in [0.717, 1.165) is 14.5 Å². The number of hydrogen-bond donors (Lipinski definition) is 3. The SMILES string of the molecule is Cl.N=C(N)NCc1ccc(OCCCOS(=O)(=O)c2ccc(Br)cc2)c(Br)c1. The van der Waals surface area contributed by atoms with Crippen molar-refractivity contribution in [1.29, 1.82) is 5.41 Å². The lowest BCUT2D eigenvalue weighted by Gasteiger charge is -2.11. The van der Waals surface area contributed by atoms with E-state index in [1.807, 2.05) is 12.1 Å². The van der Waals surface area contributed by atoms with Crippen LogP contribution < -0.4 is 15.8 Å². The van der Waals surface area contributed by atoms with Crippen LogP contribution in [0, 0.1) is 5.41 Å². The lowest BCUT2D eigenvalue weighted by molar-refractivity contribution is 0.250. The van der Waals surface area contributed by atoms with Gasteiger partial charge in [-0.25, -0.2) is 0 Å². The average molecular weight is 558 g/mol. The molecule has 7 nitrogen and oxygen atoms in total. The van der Waals surface area contributed by atoms with E-state index in [0.29, 0.717) is 25.3 Å². The molecule has 0 heterocycles. The Morgan fingerprint density at radius 1 is 1.11 bits per heavy atom. The van der Waals surface area contributed by atoms with E-state index in [4.69, 9.17) is 20.1 Å². The summed E-state index contributed by atoms with van der Waals surface area (Å²) in [4.78, 5) is 0.115. The maximum Gasteiger partial charge on any atom is 0.296 e. The van der Waals surface area contributed by atoms with Crippen LogP contribution in [0.2, 0.25) is 0 Å². The number of nitrogens with two attached hydrogens (primary N) is 1. The quantitative estimate of drug-likeness (QED) is 0.187. The first-order valence-electron chi connectivity index (χ1n) is 7.92. The first kappa shape index (κ1) is 24.7. The molecule has 0 spiro atoms. The van der Waals surface area contributed by atoms with Gasteiger partial charge in [-0.3, -0.25) is 9.59 Å². The van der Waals surface area contributed by atoms with Crippen molar-refractivity contribution in [2.45, 2.75) is 17.9 Å². The monoisotopic (exact) mass is 555 g/mol. The Bertz CT molecular complexity index is 896. The number of nitrogens with one attached hydrogen (secondary N) is 2. The van der Waals surface area contributed by atoms with Crippen LogP contribution >= 0.6 is 44.3 Å². The van der Waals surface area contributed by atoms with E-state index >= 15 is 0 Å². The summed E-state index contributed by atoms with van der Waals surface area (Å²) < 4.78 is 36.3. The van der Waals surface area contributed by atoms with Crippen molar-refractivity contribution in [1.82, 2.24) is 5.32 Å². The Hall–Kier alpha value is -1.33. The van der Waals surface area contributed by atoms with Crippen molar-refractivity contribution in [3.63, 3.8) is 0 Å². The summed E-state index contributed by atoms with van der Waals surface area (Å²) in [5, 5.41) is 9.87. The van der Waals surface area contributed by atoms with Crippen LogP contribution in [0.4, 0.5) is 0 Å². The van der Waals surface area contributed by atoms with E-state index in [2.05, 4.69) is 37.2 Å². The Kier molecular flexibility index (Phi) is 10.3. The van der Waals surface area contributed by atoms with Crippen LogP contribution in [0.15, 0.2) is 56.3 Å². The van der Waals surface area contributed by atoms with E-state index in [9.17, 15) is 8.42 Å². The normalized spacial score (nSPS) is 10.8. The molecule has 11 heteroatoms. The minimum Gasteiger partial charge on any atom is -0.492 e. The van der Waals surface area contributed by atoms with Crippen LogP contribution in [0.5, 0.6) is 5.75 Å². The Morgan fingerprint density at radius 2 is 1.79 bits per heavy atom. The third-order valence-corrected chi connectivity index (χ3v) is 5.84. The summed E-state index contributed by atoms with van der Waals surface area (Å²) in [6.07, 6.45) is 0.413. The fourth-order valence-electron chi connectivity index (χ4n) is 2.05. The lowest BCUT2D eigenvalue weighted by Crippen LogP contribution is -2.29. The lowest BCUT2D eigenvalue weighted by atomic mass is 10.2. The van der Waals surface area contributed by atoms with Crippen LogP contribution in [0.25, 0.3) is 0 Å². The molecule has 154 valence electrons. The molecule has 0 amide bonds. The molecule has 4 N–H and O–H groups in total. The Balaban J connectivity index is 0.00000392. The standard InChI is InChI=1S/C17H19Br2N3O4S.ClH/c18-13-3-5-14(6-4-13)27(23,24)26-9-1-8-25-16-7-2-12(10-15(16)19)11-22-17(20)21;/h2-7,10H,1,8-9,11H2,(H4,20,21,22);1H. The average Bonchev–Trinajstić information content (AvgIpc) is 2.61. The van der Waals surface area contributed by atoms with Gasteiger partial charge in [0.05, 0.1) is 22.6 Å². The van der Waals surface area contributed by atoms with Gasteiger partial charge in [0.15, 0.2) is 5.96 Å². The van der Waals surface area contributed by atoms with Crippen molar-refractivity contribution in [2.24, 2.45) is 5.73 Å². The third kappa shape index (κ3) is 7.96. The highest BCUT2D eigenvalue weighted by atomic mass is 79.9. The molecule has 2 aromatic rings. The summed E-state index contributed by atoms with van der Waals surface area (Å²) in [7, 11) is -3.77. The number of guanidine groups is 1. The van der Waals surface area contributed by atoms with Gasteiger partial charge in [-0.15, -0.1) is 12.4 Å². The largest absolute Gasteiger partial charge is 0.492 e. The zero-order valence-corrected chi connectivity index (χ0v) is 19.5. The number of hydrogen-bond acceptors (Lipinski definition) is 5. The zero-order valence-electron chi connectivity index (χ0n) is 14.7. The van der Waals surface area contributed by atoms with E-state index in [1.54, 1.807) is 18.2 Å². The van der Waals surface area contributed by atoms with E-state index < -0.39 is 10.1 Å². The molecule has 0 atom stereocenters. The Labute approximate surface area is 187 Å². The van der Waals surface area contributed by atoms with Gasteiger partial charge in [-0.2, -0.15) is 8.42 Å². The van der Waals surface area contributed by atoms with Crippen LogP contribution in [-0.4, -0.2) is 27.6 Å². The molecule has 0 saturated carbocycles. The molecule has 0 aliphatic carbocycles.